The number of nitrogens with one attached hydrogen (secondary N) is 2. The molecule has 1 aromatic rings. The molecule has 0 atom stereocenters. The van der Waals surface area contributed by atoms with Crippen LogP contribution in [0.4, 0.5) is 0 Å². The minimum atomic E-state index is 0.712. The van der Waals surface area contributed by atoms with Crippen LogP contribution in [-0.2, 0) is 6.42 Å². The first-order valence-corrected chi connectivity index (χ1v) is 7.73. The number of rotatable bonds is 8. The van der Waals surface area contributed by atoms with Gasteiger partial charge in [-0.25, -0.2) is 0 Å². The lowest BCUT2D eigenvalue weighted by Crippen LogP contribution is -2.38. The molecule has 21 heavy (non-hydrogen) atoms. The van der Waals surface area contributed by atoms with Crippen LogP contribution in [0.25, 0.3) is 0 Å². The van der Waals surface area contributed by atoms with E-state index in [-0.39, 0.29) is 0 Å². The molecule has 2 N–H and O–H groups in total. The number of hydrogen-bond acceptors (Lipinski definition) is 2. The van der Waals surface area contributed by atoms with Gasteiger partial charge in [-0.2, -0.15) is 0 Å². The van der Waals surface area contributed by atoms with Crippen LogP contribution in [0.2, 0.25) is 0 Å². The number of aryl methyl sites for hydroxylation is 1. The first-order chi connectivity index (χ1) is 10.2. The van der Waals surface area contributed by atoms with E-state index in [1.807, 2.05) is 19.2 Å². The van der Waals surface area contributed by atoms with Gasteiger partial charge in [0.25, 0.3) is 0 Å². The average molecular weight is 291 g/mol. The zero-order valence-electron chi connectivity index (χ0n) is 13.8. The first-order valence-electron chi connectivity index (χ1n) is 7.73. The molecule has 0 aliphatic carbocycles. The Morgan fingerprint density at radius 2 is 2.00 bits per heavy atom. The van der Waals surface area contributed by atoms with Crippen molar-refractivity contribution in [2.45, 2.75) is 33.1 Å². The molecule has 0 saturated carbocycles. The standard InChI is InChI=1S/C17H29N3O/c1-14(2)10-12-20-17(18-3)19-11-6-8-15-7-5-9-16(13-15)21-4/h5,7,9,13-14H,6,8,10-12H2,1-4H3,(H2,18,19,20). The lowest BCUT2D eigenvalue weighted by molar-refractivity contribution is 0.414. The van der Waals surface area contributed by atoms with E-state index in [2.05, 4.69) is 41.6 Å². The molecule has 0 saturated heterocycles. The fourth-order valence-corrected chi connectivity index (χ4v) is 2.03. The van der Waals surface area contributed by atoms with E-state index in [0.29, 0.717) is 5.92 Å². The summed E-state index contributed by atoms with van der Waals surface area (Å²) in [5, 5.41) is 6.69. The Hall–Kier alpha value is -1.71. The van der Waals surface area contributed by atoms with Crippen LogP contribution < -0.4 is 15.4 Å². The molecule has 0 aliphatic heterocycles. The van der Waals surface area contributed by atoms with Crippen molar-refractivity contribution in [3.63, 3.8) is 0 Å². The fourth-order valence-electron chi connectivity index (χ4n) is 2.03. The number of benzene rings is 1. The van der Waals surface area contributed by atoms with Gasteiger partial charge in [0.2, 0.25) is 0 Å². The van der Waals surface area contributed by atoms with Crippen LogP contribution in [-0.4, -0.2) is 33.2 Å². The number of aliphatic imine (C=N–C) groups is 1. The van der Waals surface area contributed by atoms with Gasteiger partial charge in [-0.15, -0.1) is 0 Å². The topological polar surface area (TPSA) is 45.7 Å². The summed E-state index contributed by atoms with van der Waals surface area (Å²) in [4.78, 5) is 4.23. The number of hydrogen-bond donors (Lipinski definition) is 2. The second-order valence-corrected chi connectivity index (χ2v) is 5.56. The summed E-state index contributed by atoms with van der Waals surface area (Å²) in [5.74, 6) is 2.52. The van der Waals surface area contributed by atoms with Gasteiger partial charge in [0.15, 0.2) is 5.96 Å². The SMILES string of the molecule is CN=C(NCCCc1cccc(OC)c1)NCCC(C)C. The zero-order valence-corrected chi connectivity index (χ0v) is 13.8. The van der Waals surface area contributed by atoms with Crippen molar-refractivity contribution >= 4 is 5.96 Å². The van der Waals surface area contributed by atoms with Crippen LogP contribution in [0, 0.1) is 5.92 Å². The Kier molecular flexibility index (Phi) is 8.32. The molecule has 1 aromatic carbocycles. The molecule has 118 valence electrons. The van der Waals surface area contributed by atoms with Crippen LogP contribution in [0.15, 0.2) is 29.3 Å². The summed E-state index contributed by atoms with van der Waals surface area (Å²) in [6.45, 7) is 6.34. The summed E-state index contributed by atoms with van der Waals surface area (Å²) < 4.78 is 5.24. The molecule has 1 rings (SSSR count). The summed E-state index contributed by atoms with van der Waals surface area (Å²) in [5.41, 5.74) is 1.30. The Labute approximate surface area is 129 Å². The molecule has 0 radical (unpaired) electrons. The maximum atomic E-state index is 5.24. The van der Waals surface area contributed by atoms with Crippen molar-refractivity contribution in [3.05, 3.63) is 29.8 Å². The Bertz CT molecular complexity index is 430. The van der Waals surface area contributed by atoms with Crippen molar-refractivity contribution < 1.29 is 4.74 Å². The molecule has 4 heteroatoms. The van der Waals surface area contributed by atoms with E-state index in [4.69, 9.17) is 4.74 Å². The maximum absolute atomic E-state index is 5.24. The number of guanidine groups is 1. The quantitative estimate of drug-likeness (QED) is 0.440. The van der Waals surface area contributed by atoms with Crippen molar-refractivity contribution in [1.29, 1.82) is 0 Å². The van der Waals surface area contributed by atoms with E-state index in [1.54, 1.807) is 7.11 Å². The van der Waals surface area contributed by atoms with Crippen molar-refractivity contribution in [1.82, 2.24) is 10.6 Å². The fraction of sp³-hybridized carbons (Fsp3) is 0.588. The molecule has 0 bridgehead atoms. The second kappa shape index (κ2) is 10.1. The highest BCUT2D eigenvalue weighted by molar-refractivity contribution is 5.79. The maximum Gasteiger partial charge on any atom is 0.190 e. The van der Waals surface area contributed by atoms with E-state index in [1.165, 1.54) is 5.56 Å². The Morgan fingerprint density at radius 3 is 2.67 bits per heavy atom. The van der Waals surface area contributed by atoms with Crippen molar-refractivity contribution in [2.75, 3.05) is 27.2 Å². The average Bonchev–Trinajstić information content (AvgIpc) is 2.49. The molecular formula is C17H29N3O. The Morgan fingerprint density at radius 1 is 1.24 bits per heavy atom. The van der Waals surface area contributed by atoms with Crippen molar-refractivity contribution in [3.8, 4) is 5.75 Å². The highest BCUT2D eigenvalue weighted by atomic mass is 16.5. The van der Waals surface area contributed by atoms with Crippen molar-refractivity contribution in [2.24, 2.45) is 10.9 Å². The lowest BCUT2D eigenvalue weighted by atomic mass is 10.1. The molecule has 0 heterocycles. The highest BCUT2D eigenvalue weighted by Gasteiger charge is 1.99. The molecule has 0 spiro atoms. The van der Waals surface area contributed by atoms with Crippen LogP contribution in [0.1, 0.15) is 32.3 Å². The van der Waals surface area contributed by atoms with Crippen LogP contribution in [0.5, 0.6) is 5.75 Å². The summed E-state index contributed by atoms with van der Waals surface area (Å²) in [6, 6.07) is 8.24. The van der Waals surface area contributed by atoms with E-state index in [0.717, 1.165) is 44.1 Å². The summed E-state index contributed by atoms with van der Waals surface area (Å²) in [6.07, 6.45) is 3.26. The number of ether oxygens (including phenoxy) is 1. The lowest BCUT2D eigenvalue weighted by Gasteiger charge is -2.12. The van der Waals surface area contributed by atoms with E-state index >= 15 is 0 Å². The highest BCUT2D eigenvalue weighted by Crippen LogP contribution is 2.13. The molecule has 4 nitrogen and oxygen atoms in total. The summed E-state index contributed by atoms with van der Waals surface area (Å²) in [7, 11) is 3.51. The smallest absolute Gasteiger partial charge is 0.190 e. The van der Waals surface area contributed by atoms with Gasteiger partial charge in [0.05, 0.1) is 7.11 Å². The normalized spacial score (nSPS) is 11.6. The van der Waals surface area contributed by atoms with Gasteiger partial charge in [0.1, 0.15) is 5.75 Å². The van der Waals surface area contributed by atoms with E-state index in [9.17, 15) is 0 Å². The third kappa shape index (κ3) is 7.59. The largest absolute Gasteiger partial charge is 0.497 e. The third-order valence-electron chi connectivity index (χ3n) is 3.31. The van der Waals surface area contributed by atoms with Gasteiger partial charge in [-0.3, -0.25) is 4.99 Å². The molecule has 0 unspecified atom stereocenters. The zero-order chi connectivity index (χ0) is 15.5. The summed E-state index contributed by atoms with van der Waals surface area (Å²) >= 11 is 0. The van der Waals surface area contributed by atoms with Gasteiger partial charge in [-0.05, 0) is 42.9 Å². The minimum absolute atomic E-state index is 0.712. The van der Waals surface area contributed by atoms with Gasteiger partial charge in [0, 0.05) is 20.1 Å². The predicted octanol–water partition coefficient (Wildman–Crippen LogP) is 2.84. The van der Waals surface area contributed by atoms with Gasteiger partial charge in [-0.1, -0.05) is 26.0 Å². The van der Waals surface area contributed by atoms with Crippen LogP contribution >= 0.6 is 0 Å². The molecule has 0 fully saturated rings. The molecule has 0 aliphatic rings. The molecular weight excluding hydrogens is 262 g/mol. The molecule has 0 aromatic heterocycles. The Balaban J connectivity index is 2.22. The predicted molar refractivity (Wildman–Crippen MR) is 90.1 cm³/mol. The monoisotopic (exact) mass is 291 g/mol. The third-order valence-corrected chi connectivity index (χ3v) is 3.31. The number of nitrogens with zero attached hydrogens (tertiary/aromatic N) is 1. The van der Waals surface area contributed by atoms with Gasteiger partial charge < -0.3 is 15.4 Å². The second-order valence-electron chi connectivity index (χ2n) is 5.56. The first kappa shape index (κ1) is 17.3. The number of methoxy groups -OCH3 is 1. The van der Waals surface area contributed by atoms with Crippen LogP contribution in [0.3, 0.4) is 0 Å². The van der Waals surface area contributed by atoms with E-state index < -0.39 is 0 Å². The minimum Gasteiger partial charge on any atom is -0.497 e. The van der Waals surface area contributed by atoms with Gasteiger partial charge >= 0.3 is 0 Å². The molecule has 0 amide bonds.